The lowest BCUT2D eigenvalue weighted by molar-refractivity contribution is -0.385. The van der Waals surface area contributed by atoms with Gasteiger partial charge in [-0.25, -0.2) is 4.79 Å². The molecule has 1 heterocycles. The third-order valence-corrected chi connectivity index (χ3v) is 3.45. The molecule has 7 nitrogen and oxygen atoms in total. The van der Waals surface area contributed by atoms with Gasteiger partial charge in [0.2, 0.25) is 0 Å². The molecule has 128 valence electrons. The van der Waals surface area contributed by atoms with E-state index in [-0.39, 0.29) is 21.7 Å². The van der Waals surface area contributed by atoms with Crippen LogP contribution in [0.2, 0.25) is 10.0 Å². The summed E-state index contributed by atoms with van der Waals surface area (Å²) in [4.78, 5) is 35.2. The van der Waals surface area contributed by atoms with E-state index in [4.69, 9.17) is 23.2 Å². The Morgan fingerprint density at radius 1 is 1.21 bits per heavy atom. The lowest BCUT2D eigenvalue weighted by Gasteiger charge is -2.10. The van der Waals surface area contributed by atoms with Crippen molar-refractivity contribution < 1.29 is 18.1 Å². The number of nitrogens with zero attached hydrogens (tertiary/aromatic N) is 2. The number of aromatic nitrogens is 2. The number of aromatic amines is 1. The minimum atomic E-state index is -4.91. The van der Waals surface area contributed by atoms with Gasteiger partial charge >= 0.3 is 11.9 Å². The average Bonchev–Trinajstić information content (AvgIpc) is 2.40. The Kier molecular flexibility index (Phi) is 4.72. The summed E-state index contributed by atoms with van der Waals surface area (Å²) < 4.78 is 38.0. The summed E-state index contributed by atoms with van der Waals surface area (Å²) in [6.45, 7) is -0.678. The van der Waals surface area contributed by atoms with Gasteiger partial charge < -0.3 is 4.98 Å². The lowest BCUT2D eigenvalue weighted by atomic mass is 10.1. The summed E-state index contributed by atoms with van der Waals surface area (Å²) in [5.74, 6) is 0. The van der Waals surface area contributed by atoms with E-state index in [9.17, 15) is 32.9 Å². The predicted molar refractivity (Wildman–Crippen MR) is 78.5 cm³/mol. The van der Waals surface area contributed by atoms with E-state index in [1.54, 1.807) is 0 Å². The SMILES string of the molecule is O=c1cc(C(F)(F)F)[nH]c(=O)n1Cc1cc(Cl)cc(Cl)c1[N+](=O)[O-]. The number of benzene rings is 1. The second-order valence-corrected chi connectivity index (χ2v) is 5.41. The highest BCUT2D eigenvalue weighted by Gasteiger charge is 2.33. The zero-order valence-corrected chi connectivity index (χ0v) is 12.9. The van der Waals surface area contributed by atoms with Gasteiger partial charge in [0.05, 0.1) is 17.0 Å². The van der Waals surface area contributed by atoms with Gasteiger partial charge in [-0.1, -0.05) is 23.2 Å². The van der Waals surface area contributed by atoms with Gasteiger partial charge in [0.25, 0.3) is 11.2 Å². The van der Waals surface area contributed by atoms with Crippen molar-refractivity contribution in [1.29, 1.82) is 0 Å². The van der Waals surface area contributed by atoms with Gasteiger partial charge in [-0.3, -0.25) is 19.5 Å². The third kappa shape index (κ3) is 3.60. The molecule has 0 unspecified atom stereocenters. The number of halogens is 5. The first-order valence-corrected chi connectivity index (χ1v) is 6.80. The maximum Gasteiger partial charge on any atom is 0.431 e. The molecule has 0 aliphatic rings. The predicted octanol–water partition coefficient (Wildman–Crippen LogP) is 2.82. The summed E-state index contributed by atoms with van der Waals surface area (Å²) in [5.41, 5.74) is -4.99. The van der Waals surface area contributed by atoms with Gasteiger partial charge in [-0.15, -0.1) is 0 Å². The monoisotopic (exact) mass is 383 g/mol. The van der Waals surface area contributed by atoms with Gasteiger partial charge in [-0.2, -0.15) is 13.2 Å². The largest absolute Gasteiger partial charge is 0.431 e. The third-order valence-electron chi connectivity index (χ3n) is 2.94. The molecule has 0 fully saturated rings. The van der Waals surface area contributed by atoms with E-state index >= 15 is 0 Å². The van der Waals surface area contributed by atoms with E-state index in [2.05, 4.69) is 0 Å². The Hall–Kier alpha value is -2.33. The molecule has 0 saturated heterocycles. The number of H-pyrrole nitrogens is 1. The van der Waals surface area contributed by atoms with Crippen LogP contribution in [-0.2, 0) is 12.7 Å². The zero-order valence-electron chi connectivity index (χ0n) is 11.4. The van der Waals surface area contributed by atoms with Crippen LogP contribution in [0.1, 0.15) is 11.3 Å². The summed E-state index contributed by atoms with van der Waals surface area (Å²) >= 11 is 11.4. The molecule has 0 bridgehead atoms. The van der Waals surface area contributed by atoms with E-state index < -0.39 is 40.3 Å². The van der Waals surface area contributed by atoms with Crippen LogP contribution in [-0.4, -0.2) is 14.5 Å². The second-order valence-electron chi connectivity index (χ2n) is 4.56. The molecule has 24 heavy (non-hydrogen) atoms. The Balaban J connectivity index is 2.60. The first-order valence-electron chi connectivity index (χ1n) is 6.04. The maximum atomic E-state index is 12.5. The molecular weight excluding hydrogens is 378 g/mol. The van der Waals surface area contributed by atoms with Crippen molar-refractivity contribution >= 4 is 28.9 Å². The quantitative estimate of drug-likeness (QED) is 0.650. The van der Waals surface area contributed by atoms with Crippen molar-refractivity contribution in [3.63, 3.8) is 0 Å². The Labute approximate surface area is 140 Å². The number of nitrogens with one attached hydrogen (secondary N) is 1. The fourth-order valence-electron chi connectivity index (χ4n) is 1.94. The number of hydrogen-bond acceptors (Lipinski definition) is 4. The zero-order chi connectivity index (χ0) is 18.2. The van der Waals surface area contributed by atoms with Crippen LogP contribution in [0.25, 0.3) is 0 Å². The molecule has 0 aliphatic heterocycles. The molecular formula is C12H6Cl2F3N3O4. The Bertz CT molecular complexity index is 905. The molecule has 0 radical (unpaired) electrons. The van der Waals surface area contributed by atoms with Gasteiger partial charge in [0.15, 0.2) is 0 Å². The number of nitro benzene ring substituents is 1. The van der Waals surface area contributed by atoms with Gasteiger partial charge in [0, 0.05) is 11.1 Å². The molecule has 2 aromatic rings. The number of nitro groups is 1. The molecule has 1 N–H and O–H groups in total. The normalized spacial score (nSPS) is 11.5. The van der Waals surface area contributed by atoms with Crippen LogP contribution in [0.15, 0.2) is 27.8 Å². The average molecular weight is 384 g/mol. The van der Waals surface area contributed by atoms with E-state index in [1.165, 1.54) is 4.98 Å². The fourth-order valence-corrected chi connectivity index (χ4v) is 2.54. The lowest BCUT2D eigenvalue weighted by Crippen LogP contribution is -2.37. The summed E-state index contributed by atoms with van der Waals surface area (Å²) in [5, 5.41) is 10.7. The van der Waals surface area contributed by atoms with Crippen molar-refractivity contribution in [2.45, 2.75) is 12.7 Å². The van der Waals surface area contributed by atoms with Crippen LogP contribution in [0.5, 0.6) is 0 Å². The molecule has 12 heteroatoms. The highest BCUT2D eigenvalue weighted by atomic mass is 35.5. The van der Waals surface area contributed by atoms with Crippen molar-refractivity contribution in [2.75, 3.05) is 0 Å². The van der Waals surface area contributed by atoms with Crippen molar-refractivity contribution in [1.82, 2.24) is 9.55 Å². The molecule has 1 aromatic carbocycles. The standard InChI is InChI=1S/C12H6Cl2F3N3O4/c13-6-1-5(10(20(23)24)7(14)2-6)4-19-9(21)3-8(12(15,16)17)18-11(19)22/h1-3H,4H2,(H,18,22). The van der Waals surface area contributed by atoms with Crippen LogP contribution in [0.4, 0.5) is 18.9 Å². The topological polar surface area (TPSA) is 98.0 Å². The molecule has 0 spiro atoms. The Morgan fingerprint density at radius 2 is 1.83 bits per heavy atom. The molecule has 0 aliphatic carbocycles. The van der Waals surface area contributed by atoms with Gasteiger partial charge in [-0.05, 0) is 12.1 Å². The number of hydrogen-bond donors (Lipinski definition) is 1. The first kappa shape index (κ1) is 18.0. The van der Waals surface area contributed by atoms with E-state index in [1.807, 2.05) is 0 Å². The highest BCUT2D eigenvalue weighted by Crippen LogP contribution is 2.32. The van der Waals surface area contributed by atoms with Crippen molar-refractivity contribution in [3.05, 3.63) is 70.5 Å². The van der Waals surface area contributed by atoms with Crippen LogP contribution in [0.3, 0.4) is 0 Å². The van der Waals surface area contributed by atoms with Crippen LogP contribution >= 0.6 is 23.2 Å². The van der Waals surface area contributed by atoms with Crippen LogP contribution in [0, 0.1) is 10.1 Å². The summed E-state index contributed by atoms with van der Waals surface area (Å²) in [7, 11) is 0. The molecule has 2 rings (SSSR count). The van der Waals surface area contributed by atoms with Crippen LogP contribution < -0.4 is 11.2 Å². The molecule has 0 amide bonds. The Morgan fingerprint density at radius 3 is 2.33 bits per heavy atom. The molecule has 1 aromatic heterocycles. The minimum absolute atomic E-state index is 0.00279. The molecule has 0 atom stereocenters. The fraction of sp³-hybridized carbons (Fsp3) is 0.167. The minimum Gasteiger partial charge on any atom is -0.303 e. The second kappa shape index (κ2) is 6.29. The highest BCUT2D eigenvalue weighted by molar-refractivity contribution is 6.36. The summed E-state index contributed by atoms with van der Waals surface area (Å²) in [6.07, 6.45) is -4.91. The van der Waals surface area contributed by atoms with Gasteiger partial charge in [0.1, 0.15) is 10.7 Å². The first-order chi connectivity index (χ1) is 11.0. The number of rotatable bonds is 3. The summed E-state index contributed by atoms with van der Waals surface area (Å²) in [6, 6.07) is 2.36. The maximum absolute atomic E-state index is 12.5. The van der Waals surface area contributed by atoms with E-state index in [0.29, 0.717) is 4.57 Å². The van der Waals surface area contributed by atoms with Crippen molar-refractivity contribution in [3.8, 4) is 0 Å². The molecule has 0 saturated carbocycles. The van der Waals surface area contributed by atoms with Crippen molar-refractivity contribution in [2.24, 2.45) is 0 Å². The van der Waals surface area contributed by atoms with E-state index in [0.717, 1.165) is 12.1 Å². The smallest absolute Gasteiger partial charge is 0.303 e. The number of alkyl halides is 3.